The van der Waals surface area contributed by atoms with E-state index in [9.17, 15) is 9.18 Å². The van der Waals surface area contributed by atoms with Crippen molar-refractivity contribution in [2.45, 2.75) is 0 Å². The number of nitrogens with zero attached hydrogens (tertiary/aromatic N) is 2. The number of Topliss-reactive ketones (excluding diaryl/α,β-unsaturated/α-hetero) is 1. The average Bonchev–Trinajstić information content (AvgIpc) is 2.38. The highest BCUT2D eigenvalue weighted by molar-refractivity contribution is 5.95. The molecular weight excluding hydrogens is 223 g/mol. The Morgan fingerprint density at radius 2 is 1.88 bits per heavy atom. The predicted octanol–water partition coefficient (Wildman–Crippen LogP) is 1.88. The average molecular weight is 232 g/mol. The minimum absolute atomic E-state index is 0.264. The Hall–Kier alpha value is -2.30. The first kappa shape index (κ1) is 11.2. The monoisotopic (exact) mass is 232 g/mol. The standard InChI is InChI=1S/C12H9FN2O2/c13-12-11(14-6-7-15-12)10(16)8-17-9-4-2-1-3-5-9/h1-7H,8H2. The predicted molar refractivity (Wildman–Crippen MR) is 58.3 cm³/mol. The summed E-state index contributed by atoms with van der Waals surface area (Å²) in [7, 11) is 0. The number of para-hydroxylation sites is 1. The maximum atomic E-state index is 13.1. The van der Waals surface area contributed by atoms with Crippen molar-refractivity contribution in [1.82, 2.24) is 9.97 Å². The van der Waals surface area contributed by atoms with Gasteiger partial charge in [0, 0.05) is 12.4 Å². The zero-order valence-electron chi connectivity index (χ0n) is 8.84. The highest BCUT2D eigenvalue weighted by Gasteiger charge is 2.14. The van der Waals surface area contributed by atoms with Crippen LogP contribution in [0.25, 0.3) is 0 Å². The van der Waals surface area contributed by atoms with E-state index < -0.39 is 11.7 Å². The van der Waals surface area contributed by atoms with Gasteiger partial charge in [-0.25, -0.2) is 9.97 Å². The Kier molecular flexibility index (Phi) is 3.40. The summed E-state index contributed by atoms with van der Waals surface area (Å²) in [5.41, 5.74) is -0.302. The van der Waals surface area contributed by atoms with Crippen molar-refractivity contribution in [3.8, 4) is 5.75 Å². The molecule has 0 radical (unpaired) electrons. The number of rotatable bonds is 4. The van der Waals surface area contributed by atoms with Crippen LogP contribution < -0.4 is 4.74 Å². The Labute approximate surface area is 97.1 Å². The molecule has 0 N–H and O–H groups in total. The number of benzene rings is 1. The van der Waals surface area contributed by atoms with Crippen LogP contribution in [0, 0.1) is 5.95 Å². The van der Waals surface area contributed by atoms with E-state index >= 15 is 0 Å². The molecule has 0 saturated carbocycles. The van der Waals surface area contributed by atoms with Crippen molar-refractivity contribution >= 4 is 5.78 Å². The quantitative estimate of drug-likeness (QED) is 0.755. The third-order valence-corrected chi connectivity index (χ3v) is 2.03. The maximum Gasteiger partial charge on any atom is 0.242 e. The molecule has 0 spiro atoms. The van der Waals surface area contributed by atoms with E-state index in [4.69, 9.17) is 4.74 Å². The largest absolute Gasteiger partial charge is 0.485 e. The van der Waals surface area contributed by atoms with E-state index in [1.165, 1.54) is 12.4 Å². The first-order chi connectivity index (χ1) is 8.27. The number of ether oxygens (including phenoxy) is 1. The minimum Gasteiger partial charge on any atom is -0.485 e. The second-order valence-electron chi connectivity index (χ2n) is 3.22. The van der Waals surface area contributed by atoms with E-state index in [1.54, 1.807) is 24.3 Å². The summed E-state index contributed by atoms with van der Waals surface area (Å²) in [6.07, 6.45) is 2.45. The van der Waals surface area contributed by atoms with Crippen LogP contribution in [0.4, 0.5) is 4.39 Å². The van der Waals surface area contributed by atoms with Crippen molar-refractivity contribution in [3.05, 3.63) is 54.4 Å². The minimum atomic E-state index is -0.880. The number of aromatic nitrogens is 2. The van der Waals surface area contributed by atoms with Crippen LogP contribution in [-0.4, -0.2) is 22.4 Å². The van der Waals surface area contributed by atoms with Crippen LogP contribution in [0.2, 0.25) is 0 Å². The van der Waals surface area contributed by atoms with Crippen LogP contribution in [0.1, 0.15) is 10.5 Å². The summed E-state index contributed by atoms with van der Waals surface area (Å²) in [6, 6.07) is 8.81. The van der Waals surface area contributed by atoms with Gasteiger partial charge in [0.15, 0.2) is 12.3 Å². The Morgan fingerprint density at radius 3 is 2.59 bits per heavy atom. The van der Waals surface area contributed by atoms with E-state index in [2.05, 4.69) is 9.97 Å². The van der Waals surface area contributed by atoms with Gasteiger partial charge in [-0.15, -0.1) is 0 Å². The fourth-order valence-electron chi connectivity index (χ4n) is 1.24. The van der Waals surface area contributed by atoms with Crippen LogP contribution in [0.15, 0.2) is 42.7 Å². The fourth-order valence-corrected chi connectivity index (χ4v) is 1.24. The SMILES string of the molecule is O=C(COc1ccccc1)c1nccnc1F. The van der Waals surface area contributed by atoms with E-state index in [0.29, 0.717) is 5.75 Å². The molecule has 0 aliphatic heterocycles. The van der Waals surface area contributed by atoms with E-state index in [1.807, 2.05) is 6.07 Å². The van der Waals surface area contributed by atoms with Crippen molar-refractivity contribution in [1.29, 1.82) is 0 Å². The van der Waals surface area contributed by atoms with Gasteiger partial charge in [0.25, 0.3) is 0 Å². The summed E-state index contributed by atoms with van der Waals surface area (Å²) < 4.78 is 18.3. The third kappa shape index (κ3) is 2.84. The lowest BCUT2D eigenvalue weighted by atomic mass is 10.3. The normalized spacial score (nSPS) is 9.94. The highest BCUT2D eigenvalue weighted by atomic mass is 19.1. The van der Waals surface area contributed by atoms with Gasteiger partial charge in [-0.05, 0) is 12.1 Å². The number of halogens is 1. The van der Waals surface area contributed by atoms with Crippen molar-refractivity contribution in [2.24, 2.45) is 0 Å². The van der Waals surface area contributed by atoms with Gasteiger partial charge in [0.2, 0.25) is 11.7 Å². The molecule has 1 heterocycles. The summed E-state index contributed by atoms with van der Waals surface area (Å²) in [4.78, 5) is 18.5. The first-order valence-electron chi connectivity index (χ1n) is 4.95. The zero-order valence-corrected chi connectivity index (χ0v) is 8.84. The summed E-state index contributed by atoms with van der Waals surface area (Å²) in [6.45, 7) is -0.264. The van der Waals surface area contributed by atoms with Gasteiger partial charge in [-0.3, -0.25) is 4.79 Å². The van der Waals surface area contributed by atoms with Crippen LogP contribution >= 0.6 is 0 Å². The summed E-state index contributed by atoms with van der Waals surface area (Å²) in [5, 5.41) is 0. The second-order valence-corrected chi connectivity index (χ2v) is 3.22. The highest BCUT2D eigenvalue weighted by Crippen LogP contribution is 2.09. The Bertz CT molecular complexity index is 517. The van der Waals surface area contributed by atoms with Gasteiger partial charge in [-0.1, -0.05) is 18.2 Å². The molecule has 17 heavy (non-hydrogen) atoms. The summed E-state index contributed by atoms with van der Waals surface area (Å²) in [5.74, 6) is -0.876. The van der Waals surface area contributed by atoms with Gasteiger partial charge in [0.05, 0.1) is 0 Å². The number of carbonyl (C=O) groups excluding carboxylic acids is 1. The van der Waals surface area contributed by atoms with Crippen LogP contribution in [-0.2, 0) is 0 Å². The van der Waals surface area contributed by atoms with Crippen molar-refractivity contribution < 1.29 is 13.9 Å². The first-order valence-corrected chi connectivity index (χ1v) is 4.95. The molecule has 5 heteroatoms. The van der Waals surface area contributed by atoms with Crippen LogP contribution in [0.3, 0.4) is 0 Å². The molecule has 4 nitrogen and oxygen atoms in total. The van der Waals surface area contributed by atoms with Crippen molar-refractivity contribution in [2.75, 3.05) is 6.61 Å². The molecule has 86 valence electrons. The molecule has 2 rings (SSSR count). The van der Waals surface area contributed by atoms with Gasteiger partial charge >= 0.3 is 0 Å². The van der Waals surface area contributed by atoms with Crippen molar-refractivity contribution in [3.63, 3.8) is 0 Å². The molecular formula is C12H9FN2O2. The van der Waals surface area contributed by atoms with Gasteiger partial charge in [-0.2, -0.15) is 4.39 Å². The zero-order chi connectivity index (χ0) is 12.1. The maximum absolute atomic E-state index is 13.1. The molecule has 0 aliphatic rings. The molecule has 0 saturated heterocycles. The molecule has 1 aromatic carbocycles. The fraction of sp³-hybridized carbons (Fsp3) is 0.0833. The van der Waals surface area contributed by atoms with Gasteiger partial charge < -0.3 is 4.74 Å². The van der Waals surface area contributed by atoms with E-state index in [-0.39, 0.29) is 12.3 Å². The number of hydrogen-bond acceptors (Lipinski definition) is 4. The molecule has 0 fully saturated rings. The van der Waals surface area contributed by atoms with Crippen LogP contribution in [0.5, 0.6) is 5.75 Å². The molecule has 0 bridgehead atoms. The molecule has 0 atom stereocenters. The molecule has 0 unspecified atom stereocenters. The molecule has 1 aromatic heterocycles. The number of ketones is 1. The lowest BCUT2D eigenvalue weighted by Gasteiger charge is -2.04. The van der Waals surface area contributed by atoms with Gasteiger partial charge in [0.1, 0.15) is 5.75 Å². The molecule has 0 amide bonds. The summed E-state index contributed by atoms with van der Waals surface area (Å²) >= 11 is 0. The number of hydrogen-bond donors (Lipinski definition) is 0. The lowest BCUT2D eigenvalue weighted by Crippen LogP contribution is -2.15. The molecule has 2 aromatic rings. The second kappa shape index (κ2) is 5.16. The Balaban J connectivity index is 2.01. The smallest absolute Gasteiger partial charge is 0.242 e. The van der Waals surface area contributed by atoms with E-state index in [0.717, 1.165) is 0 Å². The Morgan fingerprint density at radius 1 is 1.18 bits per heavy atom. The topological polar surface area (TPSA) is 52.1 Å². The third-order valence-electron chi connectivity index (χ3n) is 2.03. The number of carbonyl (C=O) groups is 1. The molecule has 0 aliphatic carbocycles. The lowest BCUT2D eigenvalue weighted by molar-refractivity contribution is 0.0911.